The number of aromatic nitrogens is 5. The molecular weight excluding hydrogens is 276 g/mol. The Balaban J connectivity index is 1.75. The van der Waals surface area contributed by atoms with Crippen LogP contribution in [0.25, 0.3) is 22.2 Å². The molecule has 1 aliphatic rings. The van der Waals surface area contributed by atoms with Crippen molar-refractivity contribution in [3.8, 4) is 11.3 Å². The molecule has 1 aliphatic carbocycles. The smallest absolute Gasteiger partial charge is 0.137 e. The average molecular weight is 296 g/mol. The first kappa shape index (κ1) is 13.3. The van der Waals surface area contributed by atoms with E-state index >= 15 is 0 Å². The summed E-state index contributed by atoms with van der Waals surface area (Å²) < 4.78 is 1.79. The van der Waals surface area contributed by atoms with Crippen LogP contribution in [0.1, 0.15) is 32.1 Å². The molecule has 22 heavy (non-hydrogen) atoms. The quantitative estimate of drug-likeness (QED) is 0.779. The van der Waals surface area contributed by atoms with Gasteiger partial charge in [-0.2, -0.15) is 10.2 Å². The van der Waals surface area contributed by atoms with Gasteiger partial charge in [-0.05, 0) is 18.9 Å². The normalized spacial score (nSPS) is 16.2. The van der Waals surface area contributed by atoms with Crippen LogP contribution in [0.4, 0.5) is 5.82 Å². The number of aryl methyl sites for hydroxylation is 1. The topological polar surface area (TPSA) is 71.4 Å². The highest BCUT2D eigenvalue weighted by molar-refractivity contribution is 6.00. The number of rotatable bonds is 3. The summed E-state index contributed by atoms with van der Waals surface area (Å²) in [7, 11) is 1.91. The van der Waals surface area contributed by atoms with Gasteiger partial charge >= 0.3 is 0 Å². The average Bonchev–Trinajstić information content (AvgIpc) is 3.15. The number of H-pyrrole nitrogens is 1. The number of pyridine rings is 1. The maximum Gasteiger partial charge on any atom is 0.137 e. The van der Waals surface area contributed by atoms with Gasteiger partial charge in [-0.15, -0.1) is 0 Å². The van der Waals surface area contributed by atoms with Crippen LogP contribution < -0.4 is 5.32 Å². The molecule has 2 N–H and O–H groups in total. The Kier molecular flexibility index (Phi) is 3.29. The van der Waals surface area contributed by atoms with E-state index in [1.807, 2.05) is 31.7 Å². The molecule has 0 spiro atoms. The van der Waals surface area contributed by atoms with E-state index in [4.69, 9.17) is 0 Å². The van der Waals surface area contributed by atoms with E-state index in [9.17, 15) is 0 Å². The van der Waals surface area contributed by atoms with Crippen LogP contribution in [0.3, 0.4) is 0 Å². The molecule has 0 amide bonds. The van der Waals surface area contributed by atoms with Crippen molar-refractivity contribution in [3.63, 3.8) is 0 Å². The van der Waals surface area contributed by atoms with E-state index < -0.39 is 0 Å². The summed E-state index contributed by atoms with van der Waals surface area (Å²) in [6, 6.07) is 2.48. The van der Waals surface area contributed by atoms with Crippen LogP contribution in [0.5, 0.6) is 0 Å². The third kappa shape index (κ3) is 2.34. The van der Waals surface area contributed by atoms with Gasteiger partial charge in [0.1, 0.15) is 11.5 Å². The largest absolute Gasteiger partial charge is 0.367 e. The molecule has 0 unspecified atom stereocenters. The van der Waals surface area contributed by atoms with Crippen LogP contribution in [-0.2, 0) is 7.05 Å². The maximum absolute atomic E-state index is 4.57. The van der Waals surface area contributed by atoms with Gasteiger partial charge in [-0.3, -0.25) is 9.78 Å². The van der Waals surface area contributed by atoms with Gasteiger partial charge in [0.25, 0.3) is 0 Å². The van der Waals surface area contributed by atoms with Crippen LogP contribution in [0, 0.1) is 0 Å². The molecule has 0 aliphatic heterocycles. The van der Waals surface area contributed by atoms with Crippen molar-refractivity contribution in [2.75, 3.05) is 5.32 Å². The number of nitrogens with zero attached hydrogens (tertiary/aromatic N) is 4. The van der Waals surface area contributed by atoms with Gasteiger partial charge in [0.15, 0.2) is 0 Å². The molecule has 1 fully saturated rings. The van der Waals surface area contributed by atoms with E-state index in [1.54, 1.807) is 4.68 Å². The number of fused-ring (bicyclic) bond motifs is 1. The maximum atomic E-state index is 4.57. The third-order valence-corrected chi connectivity index (χ3v) is 4.40. The summed E-state index contributed by atoms with van der Waals surface area (Å²) in [5, 5.41) is 16.5. The fourth-order valence-electron chi connectivity index (χ4n) is 3.27. The predicted octanol–water partition coefficient (Wildman–Crippen LogP) is 3.10. The van der Waals surface area contributed by atoms with Crippen molar-refractivity contribution < 1.29 is 0 Å². The Bertz CT molecular complexity index is 781. The second kappa shape index (κ2) is 5.44. The minimum absolute atomic E-state index is 0.517. The molecule has 3 aromatic heterocycles. The Labute approximate surface area is 128 Å². The molecule has 114 valence electrons. The van der Waals surface area contributed by atoms with Gasteiger partial charge in [0.2, 0.25) is 0 Å². The van der Waals surface area contributed by atoms with Crippen molar-refractivity contribution in [3.05, 3.63) is 24.7 Å². The Morgan fingerprint density at radius 2 is 2.14 bits per heavy atom. The van der Waals surface area contributed by atoms with Crippen LogP contribution >= 0.6 is 0 Å². The van der Waals surface area contributed by atoms with Crippen LogP contribution in [0.2, 0.25) is 0 Å². The molecule has 6 heteroatoms. The molecule has 3 aromatic rings. The SMILES string of the molecule is Cn1cc(-c2n[nH]c3ccnc(NC4CCCCC4)c23)cn1. The monoisotopic (exact) mass is 296 g/mol. The van der Waals surface area contributed by atoms with Crippen molar-refractivity contribution >= 4 is 16.7 Å². The summed E-state index contributed by atoms with van der Waals surface area (Å²) in [6.45, 7) is 0. The first-order valence-electron chi connectivity index (χ1n) is 7.90. The fraction of sp³-hybridized carbons (Fsp3) is 0.438. The number of anilines is 1. The number of hydrogen-bond acceptors (Lipinski definition) is 4. The minimum atomic E-state index is 0.517. The second-order valence-corrected chi connectivity index (χ2v) is 6.04. The van der Waals surface area contributed by atoms with E-state index in [2.05, 4.69) is 25.6 Å². The first-order valence-corrected chi connectivity index (χ1v) is 7.90. The number of nitrogens with one attached hydrogen (secondary N) is 2. The Hall–Kier alpha value is -2.37. The van der Waals surface area contributed by atoms with Gasteiger partial charge < -0.3 is 5.32 Å². The highest BCUT2D eigenvalue weighted by Crippen LogP contribution is 2.32. The molecule has 0 saturated heterocycles. The van der Waals surface area contributed by atoms with Gasteiger partial charge in [0, 0.05) is 31.0 Å². The number of hydrogen-bond donors (Lipinski definition) is 2. The summed E-state index contributed by atoms with van der Waals surface area (Å²) in [5.74, 6) is 0.928. The van der Waals surface area contributed by atoms with Gasteiger partial charge in [-0.1, -0.05) is 19.3 Å². The zero-order valence-corrected chi connectivity index (χ0v) is 12.7. The lowest BCUT2D eigenvalue weighted by Crippen LogP contribution is -2.22. The van der Waals surface area contributed by atoms with E-state index in [0.717, 1.165) is 28.0 Å². The van der Waals surface area contributed by atoms with Gasteiger partial charge in [0.05, 0.1) is 17.1 Å². The molecule has 0 aromatic carbocycles. The lowest BCUT2D eigenvalue weighted by atomic mass is 9.95. The molecule has 4 rings (SSSR count). The van der Waals surface area contributed by atoms with Crippen molar-refractivity contribution in [2.45, 2.75) is 38.1 Å². The molecule has 0 radical (unpaired) electrons. The first-order chi connectivity index (χ1) is 10.8. The molecule has 6 nitrogen and oxygen atoms in total. The minimum Gasteiger partial charge on any atom is -0.367 e. The molecule has 3 heterocycles. The summed E-state index contributed by atoms with van der Waals surface area (Å²) in [4.78, 5) is 4.57. The fourth-order valence-corrected chi connectivity index (χ4v) is 3.27. The van der Waals surface area contributed by atoms with E-state index in [0.29, 0.717) is 6.04 Å². The predicted molar refractivity (Wildman–Crippen MR) is 86.6 cm³/mol. The van der Waals surface area contributed by atoms with E-state index in [1.165, 1.54) is 32.1 Å². The van der Waals surface area contributed by atoms with Crippen LogP contribution in [-0.4, -0.2) is 31.0 Å². The number of aromatic amines is 1. The summed E-state index contributed by atoms with van der Waals surface area (Å²) >= 11 is 0. The Morgan fingerprint density at radius 3 is 2.91 bits per heavy atom. The highest BCUT2D eigenvalue weighted by Gasteiger charge is 2.18. The van der Waals surface area contributed by atoms with Crippen LogP contribution in [0.15, 0.2) is 24.7 Å². The standard InChI is InChI=1S/C16H20N6/c1-22-10-11(9-18-22)15-14-13(20-21-15)7-8-17-16(14)19-12-5-3-2-4-6-12/h7-10,12H,2-6H2,1H3,(H,17,19)(H,20,21). The summed E-state index contributed by atoms with van der Waals surface area (Å²) in [6.07, 6.45) is 12.0. The van der Waals surface area contributed by atoms with E-state index in [-0.39, 0.29) is 0 Å². The van der Waals surface area contributed by atoms with Crippen molar-refractivity contribution in [2.24, 2.45) is 7.05 Å². The zero-order valence-electron chi connectivity index (χ0n) is 12.7. The van der Waals surface area contributed by atoms with Crippen molar-refractivity contribution in [1.82, 2.24) is 25.0 Å². The lowest BCUT2D eigenvalue weighted by molar-refractivity contribution is 0.462. The molecule has 1 saturated carbocycles. The van der Waals surface area contributed by atoms with Gasteiger partial charge in [-0.25, -0.2) is 4.98 Å². The molecular formula is C16H20N6. The highest BCUT2D eigenvalue weighted by atomic mass is 15.2. The molecule has 0 atom stereocenters. The lowest BCUT2D eigenvalue weighted by Gasteiger charge is -2.23. The molecule has 0 bridgehead atoms. The third-order valence-electron chi connectivity index (χ3n) is 4.40. The summed E-state index contributed by atoms with van der Waals surface area (Å²) in [5.41, 5.74) is 2.93. The van der Waals surface area contributed by atoms with Crippen molar-refractivity contribution in [1.29, 1.82) is 0 Å². The Morgan fingerprint density at radius 1 is 1.27 bits per heavy atom. The second-order valence-electron chi connectivity index (χ2n) is 6.04. The zero-order chi connectivity index (χ0) is 14.9.